The summed E-state index contributed by atoms with van der Waals surface area (Å²) in [5.74, 6) is 0.395. The highest BCUT2D eigenvalue weighted by molar-refractivity contribution is 8.13. The van der Waals surface area contributed by atoms with E-state index < -0.39 is 9.05 Å². The minimum absolute atomic E-state index is 0.0680. The second kappa shape index (κ2) is 5.67. The predicted octanol–water partition coefficient (Wildman–Crippen LogP) is 2.50. The summed E-state index contributed by atoms with van der Waals surface area (Å²) in [7, 11) is 1.47. The van der Waals surface area contributed by atoms with Crippen LogP contribution in [0.5, 0.6) is 0 Å². The van der Waals surface area contributed by atoms with E-state index >= 15 is 0 Å². The molecule has 9 heteroatoms. The fourth-order valence-corrected chi connectivity index (χ4v) is 3.63. The van der Waals surface area contributed by atoms with Crippen LogP contribution in [0, 0.1) is 6.92 Å². The van der Waals surface area contributed by atoms with Crippen molar-refractivity contribution in [2.24, 2.45) is 0 Å². The summed E-state index contributed by atoms with van der Waals surface area (Å²) in [4.78, 5) is 7.85. The van der Waals surface area contributed by atoms with E-state index in [4.69, 9.17) is 22.3 Å². The van der Waals surface area contributed by atoms with Gasteiger partial charge in [0, 0.05) is 22.4 Å². The van der Waals surface area contributed by atoms with E-state index in [9.17, 15) is 8.42 Å². The molecule has 0 aromatic carbocycles. The lowest BCUT2D eigenvalue weighted by atomic mass is 10.2. The Morgan fingerprint density at radius 1 is 1.35 bits per heavy atom. The lowest BCUT2D eigenvalue weighted by Gasteiger charge is -2.02. The van der Waals surface area contributed by atoms with Gasteiger partial charge < -0.3 is 0 Å². The van der Waals surface area contributed by atoms with Crippen LogP contribution in [0.2, 0.25) is 5.15 Å². The molecule has 0 N–H and O–H groups in total. The largest absolute Gasteiger partial charge is 0.266 e. The van der Waals surface area contributed by atoms with Crippen LogP contribution in [0.1, 0.15) is 24.7 Å². The van der Waals surface area contributed by atoms with Crippen LogP contribution in [-0.4, -0.2) is 28.2 Å². The zero-order valence-electron chi connectivity index (χ0n) is 10.8. The van der Waals surface area contributed by atoms with E-state index in [0.29, 0.717) is 23.6 Å². The highest BCUT2D eigenvalue weighted by Crippen LogP contribution is 2.30. The molecule has 6 nitrogen and oxygen atoms in total. The Kier molecular flexibility index (Phi) is 4.31. The van der Waals surface area contributed by atoms with Crippen molar-refractivity contribution in [3.05, 3.63) is 28.9 Å². The number of hydrogen-bond acceptors (Lipinski definition) is 5. The average Bonchev–Trinajstić information content (AvgIpc) is 2.66. The van der Waals surface area contributed by atoms with Crippen molar-refractivity contribution in [2.75, 3.05) is 0 Å². The highest BCUT2D eigenvalue weighted by atomic mass is 35.7. The normalized spacial score (nSPS) is 11.8. The van der Waals surface area contributed by atoms with Crippen molar-refractivity contribution < 1.29 is 8.42 Å². The topological polar surface area (TPSA) is 77.7 Å². The molecule has 0 radical (unpaired) electrons. The zero-order chi connectivity index (χ0) is 14.9. The molecule has 20 heavy (non-hydrogen) atoms. The van der Waals surface area contributed by atoms with E-state index in [1.807, 2.05) is 6.92 Å². The molecule has 0 fully saturated rings. The number of aromatic nitrogens is 4. The third-order valence-corrected chi connectivity index (χ3v) is 4.43. The Labute approximate surface area is 126 Å². The number of aryl methyl sites for hydroxylation is 2. The molecular weight excluding hydrogens is 323 g/mol. The average molecular weight is 335 g/mol. The second-order valence-corrected chi connectivity index (χ2v) is 7.04. The SMILES string of the molecule is CCCc1nn(-c2cc(C)ncn2)c(Cl)c1S(=O)(=O)Cl. The molecule has 0 amide bonds. The van der Waals surface area contributed by atoms with Crippen molar-refractivity contribution in [3.63, 3.8) is 0 Å². The molecule has 0 unspecified atom stereocenters. The molecule has 2 rings (SSSR count). The van der Waals surface area contributed by atoms with Gasteiger partial charge in [-0.3, -0.25) is 0 Å². The smallest absolute Gasteiger partial charge is 0.242 e. The van der Waals surface area contributed by atoms with Gasteiger partial charge in [0.1, 0.15) is 11.2 Å². The van der Waals surface area contributed by atoms with Gasteiger partial charge in [0.2, 0.25) is 0 Å². The van der Waals surface area contributed by atoms with Gasteiger partial charge in [-0.25, -0.2) is 23.1 Å². The number of halogens is 2. The molecule has 0 aliphatic rings. The first-order valence-corrected chi connectivity index (χ1v) is 8.54. The first-order chi connectivity index (χ1) is 9.34. The first kappa shape index (κ1) is 15.2. The van der Waals surface area contributed by atoms with Crippen molar-refractivity contribution in [3.8, 4) is 5.82 Å². The predicted molar refractivity (Wildman–Crippen MR) is 75.9 cm³/mol. The molecule has 2 aromatic rings. The summed E-state index contributed by atoms with van der Waals surface area (Å²) in [6, 6.07) is 1.65. The first-order valence-electron chi connectivity index (χ1n) is 5.85. The van der Waals surface area contributed by atoms with Crippen LogP contribution >= 0.6 is 22.3 Å². The fraction of sp³-hybridized carbons (Fsp3) is 0.364. The van der Waals surface area contributed by atoms with E-state index in [1.165, 1.54) is 11.0 Å². The van der Waals surface area contributed by atoms with E-state index in [0.717, 1.165) is 6.42 Å². The standard InChI is InChI=1S/C11H12Cl2N4O2S/c1-3-4-8-10(20(13,18)19)11(12)17(16-8)9-5-7(2)14-6-15-9/h5-6H,3-4H2,1-2H3. The lowest BCUT2D eigenvalue weighted by Crippen LogP contribution is -2.01. The van der Waals surface area contributed by atoms with Crippen LogP contribution in [0.3, 0.4) is 0 Å². The van der Waals surface area contributed by atoms with E-state index in [-0.39, 0.29) is 10.0 Å². The Bertz CT molecular complexity index is 743. The fourth-order valence-electron chi connectivity index (χ4n) is 1.78. The molecule has 0 spiro atoms. The van der Waals surface area contributed by atoms with Gasteiger partial charge in [0.25, 0.3) is 9.05 Å². The summed E-state index contributed by atoms with van der Waals surface area (Å²) < 4.78 is 24.6. The Morgan fingerprint density at radius 3 is 2.60 bits per heavy atom. The zero-order valence-corrected chi connectivity index (χ0v) is 13.2. The Balaban J connectivity index is 2.68. The van der Waals surface area contributed by atoms with E-state index in [2.05, 4.69) is 15.1 Å². The van der Waals surface area contributed by atoms with Gasteiger partial charge in [-0.05, 0) is 13.3 Å². The molecule has 0 saturated carbocycles. The molecule has 0 atom stereocenters. The number of hydrogen-bond donors (Lipinski definition) is 0. The Morgan fingerprint density at radius 2 is 2.05 bits per heavy atom. The Hall–Kier alpha value is -1.18. The monoisotopic (exact) mass is 334 g/mol. The van der Waals surface area contributed by atoms with E-state index in [1.54, 1.807) is 13.0 Å². The maximum Gasteiger partial charge on any atom is 0.266 e. The quantitative estimate of drug-likeness (QED) is 0.802. The molecular formula is C11H12Cl2N4O2S. The lowest BCUT2D eigenvalue weighted by molar-refractivity contribution is 0.608. The molecule has 2 heterocycles. The van der Waals surface area contributed by atoms with Gasteiger partial charge in [-0.2, -0.15) is 5.10 Å². The third-order valence-electron chi connectivity index (χ3n) is 2.59. The molecule has 0 bridgehead atoms. The summed E-state index contributed by atoms with van der Waals surface area (Å²) in [6.45, 7) is 3.70. The van der Waals surface area contributed by atoms with Gasteiger partial charge in [0.05, 0.1) is 5.69 Å². The summed E-state index contributed by atoms with van der Waals surface area (Å²) in [6.07, 6.45) is 2.53. The van der Waals surface area contributed by atoms with Gasteiger partial charge >= 0.3 is 0 Å². The van der Waals surface area contributed by atoms with Gasteiger partial charge in [0.15, 0.2) is 11.0 Å². The maximum atomic E-state index is 11.7. The van der Waals surface area contributed by atoms with Crippen LogP contribution < -0.4 is 0 Å². The maximum absolute atomic E-state index is 11.7. The summed E-state index contributed by atoms with van der Waals surface area (Å²) in [5.41, 5.74) is 1.05. The summed E-state index contributed by atoms with van der Waals surface area (Å²) in [5, 5.41) is 4.14. The highest BCUT2D eigenvalue weighted by Gasteiger charge is 2.26. The van der Waals surface area contributed by atoms with Crippen molar-refractivity contribution in [1.82, 2.24) is 19.7 Å². The third kappa shape index (κ3) is 2.94. The van der Waals surface area contributed by atoms with Crippen LogP contribution in [0.15, 0.2) is 17.3 Å². The van der Waals surface area contributed by atoms with Crippen molar-refractivity contribution in [2.45, 2.75) is 31.6 Å². The van der Waals surface area contributed by atoms with Crippen LogP contribution in [-0.2, 0) is 15.5 Å². The summed E-state index contributed by atoms with van der Waals surface area (Å²) >= 11 is 6.11. The van der Waals surface area contributed by atoms with Gasteiger partial charge in [-0.15, -0.1) is 0 Å². The molecule has 108 valence electrons. The van der Waals surface area contributed by atoms with Crippen molar-refractivity contribution in [1.29, 1.82) is 0 Å². The van der Waals surface area contributed by atoms with Crippen molar-refractivity contribution >= 4 is 31.3 Å². The molecule has 2 aromatic heterocycles. The minimum atomic E-state index is -3.97. The number of nitrogens with zero attached hydrogens (tertiary/aromatic N) is 4. The van der Waals surface area contributed by atoms with Gasteiger partial charge in [-0.1, -0.05) is 24.9 Å². The molecule has 0 aliphatic carbocycles. The second-order valence-electron chi connectivity index (χ2n) is 4.18. The minimum Gasteiger partial charge on any atom is -0.242 e. The molecule has 0 saturated heterocycles. The number of rotatable bonds is 4. The van der Waals surface area contributed by atoms with Crippen LogP contribution in [0.4, 0.5) is 0 Å². The van der Waals surface area contributed by atoms with Crippen LogP contribution in [0.25, 0.3) is 5.82 Å². The molecule has 0 aliphatic heterocycles.